The summed E-state index contributed by atoms with van der Waals surface area (Å²) in [7, 11) is 0. The first-order valence-corrected chi connectivity index (χ1v) is 11.1. The monoisotopic (exact) mass is 475 g/mol. The van der Waals surface area contributed by atoms with Crippen LogP contribution in [0.15, 0.2) is 30.3 Å². The van der Waals surface area contributed by atoms with E-state index in [2.05, 4.69) is 31.3 Å². The van der Waals surface area contributed by atoms with Gasteiger partial charge in [-0.25, -0.2) is 9.18 Å². The fraction of sp³-hybridized carbons (Fsp3) is 0.381. The Morgan fingerprint density at radius 2 is 2.09 bits per heavy atom. The van der Waals surface area contributed by atoms with Crippen molar-refractivity contribution in [2.24, 2.45) is 11.1 Å². The minimum Gasteiger partial charge on any atom is -0.419 e. The standard InChI is InChI=1S/C21H26FN7O3S/c1-21(2,20(31)25-8-7-18-26-28-29-27-18)10-14-4-6-17(33-14)19(30)32-16-5-3-13(9-15(16)22)11-24-12-23/h3-6,9,24H,7-8,10-12,23H2,1-2H3,(H,25,31)(H,26,27,28,29). The minimum absolute atomic E-state index is 0.130. The lowest BCUT2D eigenvalue weighted by atomic mass is 9.87. The lowest BCUT2D eigenvalue weighted by molar-refractivity contribution is -0.129. The number of tetrazole rings is 1. The highest BCUT2D eigenvalue weighted by atomic mass is 32.1. The van der Waals surface area contributed by atoms with Crippen LogP contribution in [0.3, 0.4) is 0 Å². The van der Waals surface area contributed by atoms with Crippen molar-refractivity contribution in [3.05, 3.63) is 57.3 Å². The normalized spacial score (nSPS) is 11.4. The summed E-state index contributed by atoms with van der Waals surface area (Å²) in [6, 6.07) is 7.76. The minimum atomic E-state index is -0.706. The molecule has 0 saturated carbocycles. The molecule has 0 aliphatic carbocycles. The Labute approximate surface area is 194 Å². The number of H-pyrrole nitrogens is 1. The summed E-state index contributed by atoms with van der Waals surface area (Å²) in [4.78, 5) is 26.2. The second kappa shape index (κ2) is 11.1. The van der Waals surface area contributed by atoms with Crippen molar-refractivity contribution in [2.45, 2.75) is 33.2 Å². The fourth-order valence-corrected chi connectivity index (χ4v) is 4.13. The molecular weight excluding hydrogens is 449 g/mol. The average molecular weight is 476 g/mol. The molecule has 5 N–H and O–H groups in total. The first-order valence-electron chi connectivity index (χ1n) is 10.3. The van der Waals surface area contributed by atoms with Crippen molar-refractivity contribution in [3.63, 3.8) is 0 Å². The van der Waals surface area contributed by atoms with Crippen LogP contribution in [0.2, 0.25) is 0 Å². The van der Waals surface area contributed by atoms with Crippen molar-refractivity contribution in [1.29, 1.82) is 0 Å². The van der Waals surface area contributed by atoms with Gasteiger partial charge in [0.1, 0.15) is 4.88 Å². The van der Waals surface area contributed by atoms with E-state index in [4.69, 9.17) is 10.5 Å². The van der Waals surface area contributed by atoms with E-state index >= 15 is 0 Å². The lowest BCUT2D eigenvalue weighted by Gasteiger charge is -2.22. The third-order valence-corrected chi connectivity index (χ3v) is 5.85. The molecule has 0 spiro atoms. The highest BCUT2D eigenvalue weighted by molar-refractivity contribution is 7.13. The number of amides is 1. The van der Waals surface area contributed by atoms with Gasteiger partial charge in [-0.3, -0.25) is 4.79 Å². The molecule has 176 valence electrons. The molecule has 2 aromatic heterocycles. The molecule has 0 radical (unpaired) electrons. The topological polar surface area (TPSA) is 148 Å². The number of nitrogens with one attached hydrogen (secondary N) is 3. The molecule has 3 aromatic rings. The van der Waals surface area contributed by atoms with Gasteiger partial charge in [-0.2, -0.15) is 5.21 Å². The van der Waals surface area contributed by atoms with Crippen molar-refractivity contribution < 1.29 is 18.7 Å². The maximum absolute atomic E-state index is 14.3. The molecule has 2 heterocycles. The number of carbonyl (C=O) groups is 2. The molecule has 0 atom stereocenters. The quantitative estimate of drug-likeness (QED) is 0.185. The lowest BCUT2D eigenvalue weighted by Crippen LogP contribution is -2.39. The number of thiophene rings is 1. The second-order valence-electron chi connectivity index (χ2n) is 7.95. The van der Waals surface area contributed by atoms with Crippen LogP contribution in [0.1, 0.15) is 39.8 Å². The zero-order valence-electron chi connectivity index (χ0n) is 18.4. The molecule has 0 bridgehead atoms. The second-order valence-corrected chi connectivity index (χ2v) is 9.11. The van der Waals surface area contributed by atoms with Gasteiger partial charge in [0.15, 0.2) is 17.4 Å². The maximum Gasteiger partial charge on any atom is 0.353 e. The SMILES string of the molecule is CC(C)(Cc1ccc(C(=O)Oc2ccc(CNCN)cc2F)s1)C(=O)NCCc1nn[nH]n1. The summed E-state index contributed by atoms with van der Waals surface area (Å²) in [5, 5.41) is 19.3. The Balaban J connectivity index is 1.54. The summed E-state index contributed by atoms with van der Waals surface area (Å²) < 4.78 is 19.5. The van der Waals surface area contributed by atoms with Gasteiger partial charge in [-0.1, -0.05) is 25.1 Å². The van der Waals surface area contributed by atoms with Gasteiger partial charge in [0, 0.05) is 36.5 Å². The molecule has 33 heavy (non-hydrogen) atoms. The number of benzene rings is 1. The number of esters is 1. The van der Waals surface area contributed by atoms with Crippen LogP contribution in [-0.4, -0.2) is 45.7 Å². The van der Waals surface area contributed by atoms with Crippen molar-refractivity contribution in [3.8, 4) is 5.75 Å². The summed E-state index contributed by atoms with van der Waals surface area (Å²) in [6.45, 7) is 4.72. The molecule has 0 saturated heterocycles. The van der Waals surface area contributed by atoms with E-state index < -0.39 is 17.2 Å². The van der Waals surface area contributed by atoms with E-state index in [1.165, 1.54) is 23.5 Å². The number of aromatic nitrogens is 4. The Bertz CT molecular complexity index is 1090. The number of rotatable bonds is 11. The summed E-state index contributed by atoms with van der Waals surface area (Å²) in [6.07, 6.45) is 0.893. The molecular formula is C21H26FN7O3S. The number of nitrogens with two attached hydrogens (primary N) is 1. The highest BCUT2D eigenvalue weighted by Crippen LogP contribution is 2.28. The number of hydrogen-bond acceptors (Lipinski definition) is 9. The molecule has 10 nitrogen and oxygen atoms in total. The number of ether oxygens (including phenoxy) is 1. The number of carbonyl (C=O) groups excluding carboxylic acids is 2. The number of hydrogen-bond donors (Lipinski definition) is 4. The number of nitrogens with zero attached hydrogens (tertiary/aromatic N) is 3. The summed E-state index contributed by atoms with van der Waals surface area (Å²) in [5.41, 5.74) is 5.35. The predicted octanol–water partition coefficient (Wildman–Crippen LogP) is 1.55. The van der Waals surface area contributed by atoms with Crippen LogP contribution >= 0.6 is 11.3 Å². The molecule has 1 aromatic carbocycles. The van der Waals surface area contributed by atoms with Gasteiger partial charge in [0.2, 0.25) is 5.91 Å². The van der Waals surface area contributed by atoms with Gasteiger partial charge in [0.25, 0.3) is 0 Å². The molecule has 3 rings (SSSR count). The van der Waals surface area contributed by atoms with Crippen molar-refractivity contribution >= 4 is 23.2 Å². The van der Waals surface area contributed by atoms with E-state index in [9.17, 15) is 14.0 Å². The molecule has 12 heteroatoms. The Morgan fingerprint density at radius 3 is 2.79 bits per heavy atom. The van der Waals surface area contributed by atoms with Crippen LogP contribution in [0.5, 0.6) is 5.75 Å². The molecule has 0 fully saturated rings. The van der Waals surface area contributed by atoms with Crippen molar-refractivity contribution in [2.75, 3.05) is 13.2 Å². The Hall–Kier alpha value is -3.22. The fourth-order valence-electron chi connectivity index (χ4n) is 3.02. The number of halogens is 1. The van der Waals surface area contributed by atoms with Gasteiger partial charge in [-0.15, -0.1) is 21.5 Å². The highest BCUT2D eigenvalue weighted by Gasteiger charge is 2.29. The Kier molecular flexibility index (Phi) is 8.20. The molecule has 1 amide bonds. The van der Waals surface area contributed by atoms with Gasteiger partial charge >= 0.3 is 5.97 Å². The summed E-state index contributed by atoms with van der Waals surface area (Å²) in [5.74, 6) is -1.04. The van der Waals surface area contributed by atoms with Gasteiger partial charge in [-0.05, 0) is 36.2 Å². The van der Waals surface area contributed by atoms with E-state index in [1.54, 1.807) is 18.2 Å². The number of aromatic amines is 1. The van der Waals surface area contributed by atoms with Crippen LogP contribution in [0.4, 0.5) is 4.39 Å². The summed E-state index contributed by atoms with van der Waals surface area (Å²) >= 11 is 1.21. The van der Waals surface area contributed by atoms with Crippen LogP contribution in [-0.2, 0) is 24.2 Å². The van der Waals surface area contributed by atoms with E-state index in [1.807, 2.05) is 13.8 Å². The van der Waals surface area contributed by atoms with E-state index in [0.717, 1.165) is 4.88 Å². The Morgan fingerprint density at radius 1 is 1.27 bits per heavy atom. The van der Waals surface area contributed by atoms with Crippen molar-refractivity contribution in [1.82, 2.24) is 31.3 Å². The van der Waals surface area contributed by atoms with Gasteiger partial charge in [0.05, 0.1) is 0 Å². The first kappa shape index (κ1) is 24.4. The predicted molar refractivity (Wildman–Crippen MR) is 120 cm³/mol. The van der Waals surface area contributed by atoms with Gasteiger partial charge < -0.3 is 21.1 Å². The smallest absolute Gasteiger partial charge is 0.353 e. The third-order valence-electron chi connectivity index (χ3n) is 4.79. The van der Waals surface area contributed by atoms with Crippen LogP contribution < -0.4 is 21.1 Å². The molecule has 0 unspecified atom stereocenters. The zero-order chi connectivity index (χ0) is 23.8. The average Bonchev–Trinajstić information content (AvgIpc) is 3.46. The van der Waals surface area contributed by atoms with Crippen LogP contribution in [0, 0.1) is 11.2 Å². The van der Waals surface area contributed by atoms with Crippen LogP contribution in [0.25, 0.3) is 0 Å². The first-order chi connectivity index (χ1) is 15.8. The largest absolute Gasteiger partial charge is 0.419 e. The van der Waals surface area contributed by atoms with E-state index in [0.29, 0.717) is 42.2 Å². The zero-order valence-corrected chi connectivity index (χ0v) is 19.2. The van der Waals surface area contributed by atoms with E-state index in [-0.39, 0.29) is 18.3 Å². The molecule has 0 aliphatic rings. The third kappa shape index (κ3) is 6.88. The maximum atomic E-state index is 14.3. The molecule has 0 aliphatic heterocycles.